The maximum atomic E-state index is 5.91. The zero-order valence-electron chi connectivity index (χ0n) is 16.3. The molecule has 28 heavy (non-hydrogen) atoms. The van der Waals surface area contributed by atoms with Crippen LogP contribution in [0, 0.1) is 6.92 Å². The predicted octanol–water partition coefficient (Wildman–Crippen LogP) is 5.60. The van der Waals surface area contributed by atoms with E-state index in [4.69, 9.17) is 9.72 Å². The molecule has 3 aromatic carbocycles. The summed E-state index contributed by atoms with van der Waals surface area (Å²) in [6, 6.07) is 27.3. The first-order valence-corrected chi connectivity index (χ1v) is 9.97. The SMILES string of the molecule is Cc1ccc(OCCCn2c(CCc3ccccc3)nc3ccccc32)cc1. The summed E-state index contributed by atoms with van der Waals surface area (Å²) in [7, 11) is 0. The number of ether oxygens (including phenoxy) is 1. The topological polar surface area (TPSA) is 27.1 Å². The maximum Gasteiger partial charge on any atom is 0.119 e. The van der Waals surface area contributed by atoms with Gasteiger partial charge < -0.3 is 9.30 Å². The minimum absolute atomic E-state index is 0.702. The van der Waals surface area contributed by atoms with Crippen molar-refractivity contribution >= 4 is 11.0 Å². The Morgan fingerprint density at radius 3 is 2.39 bits per heavy atom. The van der Waals surface area contributed by atoms with Crippen LogP contribution < -0.4 is 4.74 Å². The molecular weight excluding hydrogens is 344 g/mol. The van der Waals surface area contributed by atoms with Crippen molar-refractivity contribution in [3.8, 4) is 5.75 Å². The van der Waals surface area contributed by atoms with Gasteiger partial charge in [0.2, 0.25) is 0 Å². The largest absolute Gasteiger partial charge is 0.494 e. The van der Waals surface area contributed by atoms with Gasteiger partial charge in [0, 0.05) is 13.0 Å². The number of fused-ring (bicyclic) bond motifs is 1. The van der Waals surface area contributed by atoms with Gasteiger partial charge in [-0.1, -0.05) is 60.2 Å². The van der Waals surface area contributed by atoms with Gasteiger partial charge in [-0.25, -0.2) is 4.98 Å². The van der Waals surface area contributed by atoms with E-state index in [2.05, 4.69) is 78.2 Å². The highest BCUT2D eigenvalue weighted by Gasteiger charge is 2.10. The monoisotopic (exact) mass is 370 g/mol. The molecule has 0 spiro atoms. The normalized spacial score (nSPS) is 11.0. The van der Waals surface area contributed by atoms with Crippen molar-refractivity contribution in [1.29, 1.82) is 0 Å². The minimum atomic E-state index is 0.702. The van der Waals surface area contributed by atoms with Gasteiger partial charge in [0.25, 0.3) is 0 Å². The van der Waals surface area contributed by atoms with Crippen LogP contribution in [0.4, 0.5) is 0 Å². The van der Waals surface area contributed by atoms with Gasteiger partial charge in [0.1, 0.15) is 11.6 Å². The Labute approximate surface area is 166 Å². The lowest BCUT2D eigenvalue weighted by molar-refractivity contribution is 0.301. The van der Waals surface area contributed by atoms with E-state index in [-0.39, 0.29) is 0 Å². The molecule has 1 heterocycles. The van der Waals surface area contributed by atoms with Crippen LogP contribution >= 0.6 is 0 Å². The second-order valence-electron chi connectivity index (χ2n) is 7.17. The van der Waals surface area contributed by atoms with Crippen LogP contribution in [0.15, 0.2) is 78.9 Å². The van der Waals surface area contributed by atoms with E-state index in [1.54, 1.807) is 0 Å². The molecular formula is C25H26N2O. The minimum Gasteiger partial charge on any atom is -0.494 e. The fourth-order valence-corrected chi connectivity index (χ4v) is 3.51. The molecule has 142 valence electrons. The van der Waals surface area contributed by atoms with Crippen molar-refractivity contribution < 1.29 is 4.74 Å². The van der Waals surface area contributed by atoms with E-state index in [0.29, 0.717) is 6.61 Å². The van der Waals surface area contributed by atoms with Crippen LogP contribution in [0.25, 0.3) is 11.0 Å². The highest BCUT2D eigenvalue weighted by molar-refractivity contribution is 5.75. The van der Waals surface area contributed by atoms with Crippen molar-refractivity contribution in [2.75, 3.05) is 6.61 Å². The van der Waals surface area contributed by atoms with E-state index < -0.39 is 0 Å². The van der Waals surface area contributed by atoms with Crippen LogP contribution in [0.3, 0.4) is 0 Å². The molecule has 0 aliphatic carbocycles. The molecule has 1 aromatic heterocycles. The number of hydrogen-bond donors (Lipinski definition) is 0. The number of aromatic nitrogens is 2. The number of hydrogen-bond acceptors (Lipinski definition) is 2. The molecule has 0 saturated heterocycles. The molecule has 0 bridgehead atoms. The summed E-state index contributed by atoms with van der Waals surface area (Å²) in [4.78, 5) is 4.90. The summed E-state index contributed by atoms with van der Waals surface area (Å²) in [5, 5.41) is 0. The van der Waals surface area contributed by atoms with Gasteiger partial charge in [0.15, 0.2) is 0 Å². The van der Waals surface area contributed by atoms with Crippen LogP contribution in [-0.4, -0.2) is 16.2 Å². The summed E-state index contributed by atoms with van der Waals surface area (Å²) < 4.78 is 8.26. The first-order chi connectivity index (χ1) is 13.8. The Morgan fingerprint density at radius 2 is 1.57 bits per heavy atom. The molecule has 0 atom stereocenters. The zero-order valence-corrected chi connectivity index (χ0v) is 16.3. The quantitative estimate of drug-likeness (QED) is 0.378. The highest BCUT2D eigenvalue weighted by Crippen LogP contribution is 2.19. The molecule has 0 radical (unpaired) electrons. The molecule has 4 rings (SSSR count). The zero-order chi connectivity index (χ0) is 19.2. The Morgan fingerprint density at radius 1 is 0.821 bits per heavy atom. The standard InChI is InChI=1S/C25H26N2O/c1-20-12-15-22(16-13-20)28-19-7-18-27-24-11-6-5-10-23(24)26-25(27)17-14-21-8-3-2-4-9-21/h2-6,8-13,15-16H,7,14,17-19H2,1H3. The summed E-state index contributed by atoms with van der Waals surface area (Å²) in [5.74, 6) is 2.09. The molecule has 3 nitrogen and oxygen atoms in total. The summed E-state index contributed by atoms with van der Waals surface area (Å²) in [6.07, 6.45) is 2.90. The highest BCUT2D eigenvalue weighted by atomic mass is 16.5. The van der Waals surface area contributed by atoms with Crippen LogP contribution in [0.2, 0.25) is 0 Å². The second-order valence-corrected chi connectivity index (χ2v) is 7.17. The van der Waals surface area contributed by atoms with Gasteiger partial charge in [-0.05, 0) is 49.6 Å². The third-order valence-corrected chi connectivity index (χ3v) is 5.03. The van der Waals surface area contributed by atoms with E-state index in [9.17, 15) is 0 Å². The number of aryl methyl sites for hydroxylation is 4. The van der Waals surface area contributed by atoms with Crippen LogP contribution in [0.5, 0.6) is 5.75 Å². The molecule has 3 heteroatoms. The van der Waals surface area contributed by atoms with Crippen LogP contribution in [0.1, 0.15) is 23.4 Å². The molecule has 0 unspecified atom stereocenters. The fraction of sp³-hybridized carbons (Fsp3) is 0.240. The van der Waals surface area contributed by atoms with Crippen molar-refractivity contribution in [2.24, 2.45) is 0 Å². The Balaban J connectivity index is 1.43. The molecule has 0 N–H and O–H groups in total. The third-order valence-electron chi connectivity index (χ3n) is 5.03. The van der Waals surface area contributed by atoms with E-state index in [1.807, 2.05) is 12.1 Å². The molecule has 0 saturated carbocycles. The lowest BCUT2D eigenvalue weighted by atomic mass is 10.1. The molecule has 0 aliphatic heterocycles. The van der Waals surface area contributed by atoms with Crippen molar-refractivity contribution in [2.45, 2.75) is 32.7 Å². The first kappa shape index (κ1) is 18.3. The van der Waals surface area contributed by atoms with Gasteiger partial charge >= 0.3 is 0 Å². The third kappa shape index (κ3) is 4.42. The lowest BCUT2D eigenvalue weighted by Crippen LogP contribution is -2.09. The van der Waals surface area contributed by atoms with Crippen molar-refractivity contribution in [3.63, 3.8) is 0 Å². The fourth-order valence-electron chi connectivity index (χ4n) is 3.51. The second kappa shape index (κ2) is 8.75. The van der Waals surface area contributed by atoms with Gasteiger partial charge in [-0.3, -0.25) is 0 Å². The summed E-state index contributed by atoms with van der Waals surface area (Å²) in [6.45, 7) is 3.70. The Bertz CT molecular complexity index is 1020. The molecule has 0 amide bonds. The van der Waals surface area contributed by atoms with E-state index in [1.165, 1.54) is 16.6 Å². The number of rotatable bonds is 8. The van der Waals surface area contributed by atoms with Crippen molar-refractivity contribution in [3.05, 3.63) is 95.8 Å². The number of para-hydroxylation sites is 2. The Kier molecular flexibility index (Phi) is 5.72. The van der Waals surface area contributed by atoms with E-state index >= 15 is 0 Å². The number of nitrogens with zero attached hydrogens (tertiary/aromatic N) is 2. The average Bonchev–Trinajstić information content (AvgIpc) is 3.09. The van der Waals surface area contributed by atoms with Crippen LogP contribution in [-0.2, 0) is 19.4 Å². The average molecular weight is 370 g/mol. The Hall–Kier alpha value is -3.07. The molecule has 4 aromatic rings. The van der Waals surface area contributed by atoms with Crippen molar-refractivity contribution in [1.82, 2.24) is 9.55 Å². The number of imidazole rings is 1. The maximum absolute atomic E-state index is 5.91. The number of benzene rings is 3. The molecule has 0 aliphatic rings. The molecule has 0 fully saturated rings. The smallest absolute Gasteiger partial charge is 0.119 e. The van der Waals surface area contributed by atoms with Gasteiger partial charge in [-0.2, -0.15) is 0 Å². The van der Waals surface area contributed by atoms with Gasteiger partial charge in [0.05, 0.1) is 17.6 Å². The van der Waals surface area contributed by atoms with Gasteiger partial charge in [-0.15, -0.1) is 0 Å². The summed E-state index contributed by atoms with van der Waals surface area (Å²) in [5.41, 5.74) is 4.88. The summed E-state index contributed by atoms with van der Waals surface area (Å²) >= 11 is 0. The van der Waals surface area contributed by atoms with E-state index in [0.717, 1.165) is 42.9 Å². The lowest BCUT2D eigenvalue weighted by Gasteiger charge is -2.11. The predicted molar refractivity (Wildman–Crippen MR) is 115 cm³/mol. The first-order valence-electron chi connectivity index (χ1n) is 9.97.